The van der Waals surface area contributed by atoms with Crippen LogP contribution in [0.2, 0.25) is 0 Å². The molecule has 0 aliphatic rings. The van der Waals surface area contributed by atoms with Crippen molar-refractivity contribution in [2.24, 2.45) is 0 Å². The van der Waals surface area contributed by atoms with Gasteiger partial charge in [0.25, 0.3) is 0 Å². The van der Waals surface area contributed by atoms with Gasteiger partial charge < -0.3 is 15.0 Å². The van der Waals surface area contributed by atoms with E-state index in [4.69, 9.17) is 4.74 Å². The van der Waals surface area contributed by atoms with E-state index in [1.165, 1.54) is 11.9 Å². The smallest absolute Gasteiger partial charge is 0.410 e. The van der Waals surface area contributed by atoms with Crippen LogP contribution in [0.4, 0.5) is 10.5 Å². The topological polar surface area (TPSA) is 58.6 Å². The summed E-state index contributed by atoms with van der Waals surface area (Å²) in [5, 5.41) is 2.70. The Bertz CT molecular complexity index is 438. The Balaban J connectivity index is 2.46. The summed E-state index contributed by atoms with van der Waals surface area (Å²) in [6.45, 7) is 5.29. The van der Waals surface area contributed by atoms with Crippen molar-refractivity contribution in [1.29, 1.82) is 0 Å². The Morgan fingerprint density at radius 3 is 2.32 bits per heavy atom. The molecule has 0 aromatic heterocycles. The molecule has 0 unspecified atom stereocenters. The summed E-state index contributed by atoms with van der Waals surface area (Å²) in [5.41, 5.74) is 0.131. The van der Waals surface area contributed by atoms with Crippen LogP contribution in [0.1, 0.15) is 20.8 Å². The second-order valence-corrected chi connectivity index (χ2v) is 5.25. The molecule has 0 aliphatic heterocycles. The Morgan fingerprint density at radius 2 is 1.79 bits per heavy atom. The van der Waals surface area contributed by atoms with E-state index in [9.17, 15) is 9.59 Å². The third kappa shape index (κ3) is 5.90. The van der Waals surface area contributed by atoms with Crippen molar-refractivity contribution in [1.82, 2.24) is 4.90 Å². The summed E-state index contributed by atoms with van der Waals surface area (Å²) in [6.07, 6.45) is -0.518. The van der Waals surface area contributed by atoms with E-state index in [-0.39, 0.29) is 12.5 Å². The Hall–Kier alpha value is -2.04. The van der Waals surface area contributed by atoms with E-state index in [2.05, 4.69) is 5.32 Å². The monoisotopic (exact) mass is 264 g/mol. The first-order valence-corrected chi connectivity index (χ1v) is 6.07. The highest BCUT2D eigenvalue weighted by Crippen LogP contribution is 2.09. The van der Waals surface area contributed by atoms with E-state index in [1.807, 2.05) is 18.2 Å². The lowest BCUT2D eigenvalue weighted by Gasteiger charge is -2.24. The highest BCUT2D eigenvalue weighted by atomic mass is 16.6. The van der Waals surface area contributed by atoms with Crippen molar-refractivity contribution in [3.8, 4) is 0 Å². The first-order chi connectivity index (χ1) is 8.78. The van der Waals surface area contributed by atoms with Gasteiger partial charge in [-0.3, -0.25) is 4.79 Å². The number of likely N-dealkylation sites (N-methyl/N-ethyl adjacent to an activating group) is 1. The number of hydrogen-bond acceptors (Lipinski definition) is 3. The van der Waals surface area contributed by atoms with E-state index in [1.54, 1.807) is 32.9 Å². The number of rotatable bonds is 3. The van der Waals surface area contributed by atoms with Gasteiger partial charge in [-0.25, -0.2) is 4.79 Å². The average Bonchev–Trinajstić information content (AvgIpc) is 2.27. The van der Waals surface area contributed by atoms with Gasteiger partial charge in [0.2, 0.25) is 5.91 Å². The quantitative estimate of drug-likeness (QED) is 0.912. The van der Waals surface area contributed by atoms with Crippen LogP contribution in [0.5, 0.6) is 0 Å². The SMILES string of the molecule is CN(CC(=O)Nc1ccccc1)C(=O)OC(C)(C)C. The maximum Gasteiger partial charge on any atom is 0.410 e. The van der Waals surface area contributed by atoms with Crippen LogP contribution >= 0.6 is 0 Å². The molecule has 5 nitrogen and oxygen atoms in total. The average molecular weight is 264 g/mol. The molecule has 19 heavy (non-hydrogen) atoms. The first-order valence-electron chi connectivity index (χ1n) is 6.07. The molecule has 1 rings (SSSR count). The minimum Gasteiger partial charge on any atom is -0.444 e. The van der Waals surface area contributed by atoms with Crippen molar-refractivity contribution in [2.45, 2.75) is 26.4 Å². The molecule has 1 aromatic rings. The fourth-order valence-electron chi connectivity index (χ4n) is 1.34. The van der Waals surface area contributed by atoms with E-state index >= 15 is 0 Å². The van der Waals surface area contributed by atoms with Crippen LogP contribution in [0, 0.1) is 0 Å². The van der Waals surface area contributed by atoms with E-state index in [0.717, 1.165) is 0 Å². The van der Waals surface area contributed by atoms with Crippen molar-refractivity contribution >= 4 is 17.7 Å². The number of nitrogens with zero attached hydrogens (tertiary/aromatic N) is 1. The minimum atomic E-state index is -0.568. The zero-order valence-corrected chi connectivity index (χ0v) is 11.8. The van der Waals surface area contributed by atoms with Gasteiger partial charge in [0.15, 0.2) is 0 Å². The van der Waals surface area contributed by atoms with Crippen molar-refractivity contribution in [3.05, 3.63) is 30.3 Å². The Morgan fingerprint density at radius 1 is 1.21 bits per heavy atom. The van der Waals surface area contributed by atoms with E-state index in [0.29, 0.717) is 5.69 Å². The summed E-state index contributed by atoms with van der Waals surface area (Å²) < 4.78 is 5.16. The molecule has 0 bridgehead atoms. The van der Waals surface area contributed by atoms with Gasteiger partial charge >= 0.3 is 6.09 Å². The molecule has 0 heterocycles. The molecule has 2 amide bonds. The molecule has 1 aromatic carbocycles. The first kappa shape index (κ1) is 15.0. The molecular weight excluding hydrogens is 244 g/mol. The van der Waals surface area contributed by atoms with E-state index < -0.39 is 11.7 Å². The van der Waals surface area contributed by atoms with Gasteiger partial charge in [0, 0.05) is 12.7 Å². The van der Waals surface area contributed by atoms with Crippen molar-refractivity contribution in [2.75, 3.05) is 18.9 Å². The predicted octanol–water partition coefficient (Wildman–Crippen LogP) is 2.49. The van der Waals surface area contributed by atoms with Crippen LogP contribution in [0.3, 0.4) is 0 Å². The molecule has 0 spiro atoms. The van der Waals surface area contributed by atoms with Crippen LogP contribution < -0.4 is 5.32 Å². The zero-order chi connectivity index (χ0) is 14.5. The number of amides is 2. The Kier molecular flexibility index (Phi) is 4.92. The van der Waals surface area contributed by atoms with Crippen LogP contribution in [0.25, 0.3) is 0 Å². The number of para-hydroxylation sites is 1. The molecule has 0 aliphatic carbocycles. The van der Waals surface area contributed by atoms with Gasteiger partial charge in [-0.2, -0.15) is 0 Å². The molecule has 5 heteroatoms. The predicted molar refractivity (Wildman–Crippen MR) is 73.9 cm³/mol. The summed E-state index contributed by atoms with van der Waals surface area (Å²) >= 11 is 0. The van der Waals surface area contributed by atoms with Gasteiger partial charge in [-0.15, -0.1) is 0 Å². The Labute approximate surface area is 113 Å². The number of benzene rings is 1. The molecule has 0 radical (unpaired) electrons. The molecular formula is C14H20N2O3. The number of carbonyl (C=O) groups is 2. The number of anilines is 1. The molecule has 0 atom stereocenters. The second kappa shape index (κ2) is 6.22. The molecule has 0 saturated carbocycles. The molecule has 0 saturated heterocycles. The van der Waals surface area contributed by atoms with Crippen LogP contribution in [-0.2, 0) is 9.53 Å². The van der Waals surface area contributed by atoms with Gasteiger partial charge in [0.1, 0.15) is 12.1 Å². The lowest BCUT2D eigenvalue weighted by atomic mass is 10.2. The van der Waals surface area contributed by atoms with Gasteiger partial charge in [-0.05, 0) is 32.9 Å². The fraction of sp³-hybridized carbons (Fsp3) is 0.429. The molecule has 1 N–H and O–H groups in total. The maximum atomic E-state index is 11.7. The third-order valence-electron chi connectivity index (χ3n) is 2.14. The number of nitrogens with one attached hydrogen (secondary N) is 1. The lowest BCUT2D eigenvalue weighted by molar-refractivity contribution is -0.117. The number of carbonyl (C=O) groups excluding carboxylic acids is 2. The van der Waals surface area contributed by atoms with Crippen molar-refractivity contribution < 1.29 is 14.3 Å². The summed E-state index contributed by atoms with van der Waals surface area (Å²) in [4.78, 5) is 24.6. The largest absolute Gasteiger partial charge is 0.444 e. The highest BCUT2D eigenvalue weighted by molar-refractivity contribution is 5.93. The van der Waals surface area contributed by atoms with Crippen molar-refractivity contribution in [3.63, 3.8) is 0 Å². The zero-order valence-electron chi connectivity index (χ0n) is 11.8. The van der Waals surface area contributed by atoms with Crippen LogP contribution in [-0.4, -0.2) is 36.1 Å². The lowest BCUT2D eigenvalue weighted by Crippen LogP contribution is -2.38. The van der Waals surface area contributed by atoms with Gasteiger partial charge in [-0.1, -0.05) is 18.2 Å². The summed E-state index contributed by atoms with van der Waals surface area (Å²) in [7, 11) is 1.53. The maximum absolute atomic E-state index is 11.7. The second-order valence-electron chi connectivity index (χ2n) is 5.25. The van der Waals surface area contributed by atoms with Crippen LogP contribution in [0.15, 0.2) is 30.3 Å². The standard InChI is InChI=1S/C14H20N2O3/c1-14(2,3)19-13(18)16(4)10-12(17)15-11-8-6-5-7-9-11/h5-9H,10H2,1-4H3,(H,15,17). The number of ether oxygens (including phenoxy) is 1. The highest BCUT2D eigenvalue weighted by Gasteiger charge is 2.20. The van der Waals surface area contributed by atoms with Gasteiger partial charge in [0.05, 0.1) is 0 Å². The minimum absolute atomic E-state index is 0.0518. The number of hydrogen-bond donors (Lipinski definition) is 1. The third-order valence-corrected chi connectivity index (χ3v) is 2.14. The molecule has 0 fully saturated rings. The summed E-state index contributed by atoms with van der Waals surface area (Å²) in [6, 6.07) is 9.08. The normalized spacial score (nSPS) is 10.7. The summed E-state index contributed by atoms with van der Waals surface area (Å²) in [5.74, 6) is -0.264. The fourth-order valence-corrected chi connectivity index (χ4v) is 1.34. The molecule has 104 valence electrons.